The van der Waals surface area contributed by atoms with E-state index in [2.05, 4.69) is 9.73 Å². The number of nitrogens with zero attached hydrogens (tertiary/aromatic N) is 1. The first-order chi connectivity index (χ1) is 12.4. The molecule has 1 N–H and O–H groups in total. The van der Waals surface area contributed by atoms with E-state index in [-0.39, 0.29) is 5.71 Å². The van der Waals surface area contributed by atoms with Gasteiger partial charge in [-0.15, -0.1) is 0 Å². The third-order valence-corrected chi connectivity index (χ3v) is 4.40. The Morgan fingerprint density at radius 1 is 1.19 bits per heavy atom. The van der Waals surface area contributed by atoms with Gasteiger partial charge in [-0.05, 0) is 38.0 Å². The number of halogens is 3. The summed E-state index contributed by atoms with van der Waals surface area (Å²) in [5.41, 5.74) is -3.47. The molecular weight excluding hydrogens is 367 g/mol. The van der Waals surface area contributed by atoms with Crippen LogP contribution in [0, 0.1) is 0 Å². The number of carbonyl (C=O) groups is 1. The Bertz CT molecular complexity index is 773. The number of benzene rings is 1. The molecule has 1 aromatic rings. The normalized spacial score (nSPS) is 18.0. The quantitative estimate of drug-likeness (QED) is 0.784. The summed E-state index contributed by atoms with van der Waals surface area (Å²) in [5, 5.41) is 10.2. The van der Waals surface area contributed by atoms with Crippen LogP contribution in [0.1, 0.15) is 31.4 Å². The van der Waals surface area contributed by atoms with Crippen molar-refractivity contribution in [3.8, 4) is 11.5 Å². The fraction of sp³-hybridized carbons (Fsp3) is 0.556. The zero-order valence-electron chi connectivity index (χ0n) is 15.7. The zero-order valence-corrected chi connectivity index (χ0v) is 15.7. The second-order valence-electron chi connectivity index (χ2n) is 6.94. The number of alkyl halides is 3. The topological polar surface area (TPSA) is 77.4 Å². The van der Waals surface area contributed by atoms with E-state index >= 15 is 0 Å². The van der Waals surface area contributed by atoms with Crippen molar-refractivity contribution < 1.29 is 37.3 Å². The fourth-order valence-electron chi connectivity index (χ4n) is 3.10. The molecule has 150 valence electrons. The summed E-state index contributed by atoms with van der Waals surface area (Å²) in [6, 6.07) is 3.16. The lowest BCUT2D eigenvalue weighted by Crippen LogP contribution is -2.54. The van der Waals surface area contributed by atoms with Gasteiger partial charge in [-0.2, -0.15) is 13.2 Å². The predicted molar refractivity (Wildman–Crippen MR) is 91.5 cm³/mol. The number of hydrogen-bond donors (Lipinski definition) is 1. The average Bonchev–Trinajstić information content (AvgIpc) is 2.57. The van der Waals surface area contributed by atoms with Crippen molar-refractivity contribution in [2.24, 2.45) is 4.99 Å². The summed E-state index contributed by atoms with van der Waals surface area (Å²) < 4.78 is 55.1. The summed E-state index contributed by atoms with van der Waals surface area (Å²) in [4.78, 5) is 16.1. The van der Waals surface area contributed by atoms with Crippen molar-refractivity contribution >= 4 is 11.7 Å². The molecule has 0 saturated heterocycles. The van der Waals surface area contributed by atoms with Crippen LogP contribution in [0.3, 0.4) is 0 Å². The molecule has 0 bridgehead atoms. The van der Waals surface area contributed by atoms with Crippen molar-refractivity contribution in [3.05, 3.63) is 23.3 Å². The van der Waals surface area contributed by atoms with Crippen LogP contribution >= 0.6 is 0 Å². The standard InChI is InChI=1S/C18H22F3NO5/c1-16(2)8-10-6-13(25-3)14(26-4)7-11(10)12(22-16)9-17(24,15(23)27-5)18(19,20)21/h6-7,24H,8-9H2,1-5H3/t17-/m0/s1. The van der Waals surface area contributed by atoms with Crippen LogP contribution in [0.2, 0.25) is 0 Å². The van der Waals surface area contributed by atoms with E-state index in [1.165, 1.54) is 20.3 Å². The number of fused-ring (bicyclic) bond motifs is 1. The second kappa shape index (κ2) is 7.03. The number of hydrogen-bond acceptors (Lipinski definition) is 6. The molecule has 0 fully saturated rings. The summed E-state index contributed by atoms with van der Waals surface area (Å²) in [6.45, 7) is 3.49. The molecule has 0 unspecified atom stereocenters. The molecule has 1 atom stereocenters. The highest BCUT2D eigenvalue weighted by Crippen LogP contribution is 2.40. The molecule has 1 heterocycles. The lowest BCUT2D eigenvalue weighted by atomic mass is 9.82. The molecule has 1 aliphatic rings. The molecule has 0 spiro atoms. The van der Waals surface area contributed by atoms with Crippen LogP contribution in [-0.4, -0.2) is 55.4 Å². The average molecular weight is 389 g/mol. The van der Waals surface area contributed by atoms with Crippen LogP contribution in [0.25, 0.3) is 0 Å². The largest absolute Gasteiger partial charge is 0.493 e. The summed E-state index contributed by atoms with van der Waals surface area (Å²) >= 11 is 0. The van der Waals surface area contributed by atoms with Crippen LogP contribution < -0.4 is 9.47 Å². The monoisotopic (exact) mass is 389 g/mol. The molecule has 0 aromatic heterocycles. The molecule has 2 rings (SSSR count). The number of aliphatic imine (C=N–C) groups is 1. The molecule has 0 saturated carbocycles. The van der Waals surface area contributed by atoms with E-state index in [9.17, 15) is 23.1 Å². The highest BCUT2D eigenvalue weighted by Gasteiger charge is 2.61. The Morgan fingerprint density at radius 3 is 2.22 bits per heavy atom. The van der Waals surface area contributed by atoms with Crippen molar-refractivity contribution in [2.45, 2.75) is 44.0 Å². The van der Waals surface area contributed by atoms with Gasteiger partial charge < -0.3 is 19.3 Å². The number of esters is 1. The molecule has 1 aliphatic heterocycles. The Morgan fingerprint density at radius 2 is 1.74 bits per heavy atom. The molecule has 0 amide bonds. The maximum atomic E-state index is 13.5. The van der Waals surface area contributed by atoms with Gasteiger partial charge in [0.15, 0.2) is 11.5 Å². The number of carbonyl (C=O) groups excluding carboxylic acids is 1. The zero-order chi connectivity index (χ0) is 20.6. The van der Waals surface area contributed by atoms with Gasteiger partial charge in [0.25, 0.3) is 5.60 Å². The summed E-state index contributed by atoms with van der Waals surface area (Å²) in [7, 11) is 3.63. The Balaban J connectivity index is 2.62. The SMILES string of the molecule is COC(=O)[C@@](O)(CC1=NC(C)(C)Cc2cc(OC)c(OC)cc21)C(F)(F)F. The smallest absolute Gasteiger partial charge is 0.428 e. The van der Waals surface area contributed by atoms with E-state index in [0.717, 1.165) is 7.11 Å². The molecule has 9 heteroatoms. The van der Waals surface area contributed by atoms with Gasteiger partial charge in [0, 0.05) is 17.7 Å². The minimum Gasteiger partial charge on any atom is -0.493 e. The number of rotatable bonds is 5. The minimum atomic E-state index is -5.24. The van der Waals surface area contributed by atoms with E-state index in [1.54, 1.807) is 19.9 Å². The van der Waals surface area contributed by atoms with Crippen molar-refractivity contribution in [1.29, 1.82) is 0 Å². The first-order valence-corrected chi connectivity index (χ1v) is 8.10. The first kappa shape index (κ1) is 21.0. The lowest BCUT2D eigenvalue weighted by molar-refractivity contribution is -0.259. The second-order valence-corrected chi connectivity index (χ2v) is 6.94. The number of aliphatic hydroxyl groups is 1. The molecule has 0 radical (unpaired) electrons. The molecule has 1 aromatic carbocycles. The molecule has 6 nitrogen and oxygen atoms in total. The Hall–Kier alpha value is -2.29. The Kier molecular flexibility index (Phi) is 5.47. The minimum absolute atomic E-state index is 0.0626. The first-order valence-electron chi connectivity index (χ1n) is 8.10. The maximum absolute atomic E-state index is 13.5. The van der Waals surface area contributed by atoms with Crippen LogP contribution in [0.5, 0.6) is 11.5 Å². The summed E-state index contributed by atoms with van der Waals surface area (Å²) in [5.74, 6) is -1.06. The lowest BCUT2D eigenvalue weighted by Gasteiger charge is -2.33. The number of ether oxygens (including phenoxy) is 3. The van der Waals surface area contributed by atoms with Gasteiger partial charge in [-0.3, -0.25) is 4.99 Å². The molecule has 0 aliphatic carbocycles. The molecular formula is C18H22F3NO5. The number of methoxy groups -OCH3 is 3. The summed E-state index contributed by atoms with van der Waals surface area (Å²) in [6.07, 6.45) is -5.87. The third-order valence-electron chi connectivity index (χ3n) is 4.40. The highest BCUT2D eigenvalue weighted by molar-refractivity contribution is 6.06. The van der Waals surface area contributed by atoms with Gasteiger partial charge >= 0.3 is 12.1 Å². The van der Waals surface area contributed by atoms with Crippen molar-refractivity contribution in [3.63, 3.8) is 0 Å². The van der Waals surface area contributed by atoms with Crippen LogP contribution in [0.4, 0.5) is 13.2 Å². The third kappa shape index (κ3) is 3.87. The van der Waals surface area contributed by atoms with Gasteiger partial charge in [-0.25, -0.2) is 4.79 Å². The van der Waals surface area contributed by atoms with Gasteiger partial charge in [0.1, 0.15) is 0 Å². The van der Waals surface area contributed by atoms with E-state index in [0.29, 0.717) is 29.0 Å². The van der Waals surface area contributed by atoms with Crippen LogP contribution in [-0.2, 0) is 16.0 Å². The van der Waals surface area contributed by atoms with E-state index in [1.807, 2.05) is 0 Å². The fourth-order valence-corrected chi connectivity index (χ4v) is 3.10. The van der Waals surface area contributed by atoms with Gasteiger partial charge in [-0.1, -0.05) is 0 Å². The highest BCUT2D eigenvalue weighted by atomic mass is 19.4. The van der Waals surface area contributed by atoms with Gasteiger partial charge in [0.05, 0.1) is 26.9 Å². The predicted octanol–water partition coefficient (Wildman–Crippen LogP) is 2.68. The van der Waals surface area contributed by atoms with Crippen molar-refractivity contribution in [1.82, 2.24) is 0 Å². The van der Waals surface area contributed by atoms with E-state index < -0.39 is 29.7 Å². The van der Waals surface area contributed by atoms with Crippen molar-refractivity contribution in [2.75, 3.05) is 21.3 Å². The van der Waals surface area contributed by atoms with Crippen LogP contribution in [0.15, 0.2) is 17.1 Å². The molecule has 27 heavy (non-hydrogen) atoms. The Labute approximate surface area is 154 Å². The van der Waals surface area contributed by atoms with Gasteiger partial charge in [0.2, 0.25) is 0 Å². The maximum Gasteiger partial charge on any atom is 0.428 e. The van der Waals surface area contributed by atoms with E-state index in [4.69, 9.17) is 9.47 Å².